The van der Waals surface area contributed by atoms with Crippen LogP contribution in [-0.2, 0) is 0 Å². The molecule has 0 radical (unpaired) electrons. The Labute approximate surface area is 74.7 Å². The van der Waals surface area contributed by atoms with Crippen LogP contribution < -0.4 is 0 Å². The molecule has 3 unspecified atom stereocenters. The molecule has 0 aliphatic heterocycles. The van der Waals surface area contributed by atoms with E-state index in [4.69, 9.17) is 0 Å². The predicted molar refractivity (Wildman–Crippen MR) is 60.1 cm³/mol. The van der Waals surface area contributed by atoms with Crippen LogP contribution in [0.2, 0.25) is 6.32 Å². The van der Waals surface area contributed by atoms with Crippen LogP contribution >= 0.6 is 8.58 Å². The normalized spacial score (nSPS) is 17.4. The molecule has 0 bridgehead atoms. The van der Waals surface area contributed by atoms with Gasteiger partial charge in [0.15, 0.2) is 0 Å². The fourth-order valence-electron chi connectivity index (χ4n) is 1.27. The summed E-state index contributed by atoms with van der Waals surface area (Å²) in [5.74, 6) is 0. The minimum absolute atomic E-state index is 0.964. The highest BCUT2D eigenvalue weighted by atomic mass is 31.1. The van der Waals surface area contributed by atoms with Gasteiger partial charge in [-0.05, 0) is 24.2 Å². The molecule has 0 rings (SSSR count). The monoisotopic (exact) mass is 172 g/mol. The Morgan fingerprint density at radius 2 is 2.00 bits per heavy atom. The third kappa shape index (κ3) is 5.73. The van der Waals surface area contributed by atoms with Crippen LogP contribution in [0.15, 0.2) is 0 Å². The summed E-state index contributed by atoms with van der Waals surface area (Å²) in [5, 5.41) is 0. The van der Waals surface area contributed by atoms with Gasteiger partial charge in [-0.3, -0.25) is 0 Å². The highest BCUT2D eigenvalue weighted by Crippen LogP contribution is 2.32. The molecule has 66 valence electrons. The van der Waals surface area contributed by atoms with E-state index in [1.165, 1.54) is 34.2 Å². The molecule has 0 aromatic carbocycles. The van der Waals surface area contributed by atoms with Gasteiger partial charge in [0.25, 0.3) is 0 Å². The van der Waals surface area contributed by atoms with E-state index in [0.717, 1.165) is 11.3 Å². The van der Waals surface area contributed by atoms with Gasteiger partial charge >= 0.3 is 0 Å². The van der Waals surface area contributed by atoms with Crippen molar-refractivity contribution in [3.05, 3.63) is 0 Å². The first-order chi connectivity index (χ1) is 5.24. The zero-order chi connectivity index (χ0) is 8.69. The van der Waals surface area contributed by atoms with E-state index in [-0.39, 0.29) is 0 Å². The molecule has 0 nitrogen and oxygen atoms in total. The second kappa shape index (κ2) is 7.16. The van der Waals surface area contributed by atoms with Gasteiger partial charge < -0.3 is 0 Å². The summed E-state index contributed by atoms with van der Waals surface area (Å²) in [6, 6.07) is 0. The van der Waals surface area contributed by atoms with Gasteiger partial charge in [-0.2, -0.15) is 0 Å². The van der Waals surface area contributed by atoms with E-state index in [0.29, 0.717) is 0 Å². The van der Waals surface area contributed by atoms with Crippen LogP contribution in [0.5, 0.6) is 0 Å². The Morgan fingerprint density at radius 3 is 2.36 bits per heavy atom. The second-order valence-corrected chi connectivity index (χ2v) is 5.51. The van der Waals surface area contributed by atoms with Gasteiger partial charge in [-0.25, -0.2) is 0 Å². The fraction of sp³-hybridized carbons (Fsp3) is 1.00. The van der Waals surface area contributed by atoms with Crippen molar-refractivity contribution in [3.63, 3.8) is 0 Å². The van der Waals surface area contributed by atoms with E-state index < -0.39 is 0 Å². The maximum absolute atomic E-state index is 2.39. The summed E-state index contributed by atoms with van der Waals surface area (Å²) in [7, 11) is 3.51. The van der Waals surface area contributed by atoms with E-state index in [2.05, 4.69) is 28.6 Å². The van der Waals surface area contributed by atoms with Crippen LogP contribution in [0.4, 0.5) is 0 Å². The fourth-order valence-corrected chi connectivity index (χ4v) is 3.01. The molecule has 11 heavy (non-hydrogen) atoms. The zero-order valence-corrected chi connectivity index (χ0v) is 9.48. The average Bonchev–Trinajstić information content (AvgIpc) is 2.03. The second-order valence-electron chi connectivity index (χ2n) is 3.37. The van der Waals surface area contributed by atoms with Crippen molar-refractivity contribution in [3.8, 4) is 0 Å². The molecule has 0 aromatic heterocycles. The molecule has 0 saturated heterocycles. The third-order valence-corrected chi connectivity index (χ3v) is 4.41. The Bertz CT molecular complexity index is 85.6. The molecule has 0 saturated carbocycles. The molecule has 0 N–H and O–H groups in total. The molecule has 0 aliphatic carbocycles. The molecule has 2 heteroatoms. The molecule has 0 fully saturated rings. The highest BCUT2D eigenvalue weighted by Gasteiger charge is 2.08. The maximum atomic E-state index is 2.39. The number of hydrogen-bond donors (Lipinski definition) is 0. The summed E-state index contributed by atoms with van der Waals surface area (Å²) >= 11 is 0. The van der Waals surface area contributed by atoms with Crippen molar-refractivity contribution in [2.24, 2.45) is 0 Å². The topological polar surface area (TPSA) is 0 Å². The Morgan fingerprint density at radius 1 is 1.36 bits per heavy atom. The lowest BCUT2D eigenvalue weighted by Crippen LogP contribution is -2.04. The van der Waals surface area contributed by atoms with E-state index in [1.807, 2.05) is 0 Å². The van der Waals surface area contributed by atoms with Crippen LogP contribution in [0, 0.1) is 0 Å². The van der Waals surface area contributed by atoms with Crippen molar-refractivity contribution in [1.82, 2.24) is 0 Å². The minimum atomic E-state index is 0.964. The Balaban J connectivity index is 3.49. The summed E-state index contributed by atoms with van der Waals surface area (Å²) in [5.41, 5.74) is 1.99. The number of rotatable bonds is 6. The van der Waals surface area contributed by atoms with Crippen molar-refractivity contribution >= 4 is 16.4 Å². The lowest BCUT2D eigenvalue weighted by Gasteiger charge is -2.17. The SMILES string of the molecule is BCC(C)PC(CC)CCC. The zero-order valence-electron chi connectivity index (χ0n) is 8.48. The third-order valence-electron chi connectivity index (χ3n) is 2.26. The maximum Gasteiger partial charge on any atom is 0.102 e. The largest absolute Gasteiger partial charge is 0.117 e. The van der Waals surface area contributed by atoms with Crippen molar-refractivity contribution < 1.29 is 0 Å². The lowest BCUT2D eigenvalue weighted by molar-refractivity contribution is 0.711. The highest BCUT2D eigenvalue weighted by molar-refractivity contribution is 7.39. The van der Waals surface area contributed by atoms with Crippen molar-refractivity contribution in [2.75, 3.05) is 0 Å². The van der Waals surface area contributed by atoms with Gasteiger partial charge in [0.2, 0.25) is 0 Å². The van der Waals surface area contributed by atoms with Crippen LogP contribution in [0.3, 0.4) is 0 Å². The van der Waals surface area contributed by atoms with Crippen LogP contribution in [-0.4, -0.2) is 19.2 Å². The summed E-state index contributed by atoms with van der Waals surface area (Å²) in [4.78, 5) is 0. The van der Waals surface area contributed by atoms with E-state index in [1.54, 1.807) is 0 Å². The van der Waals surface area contributed by atoms with Gasteiger partial charge in [-0.15, -0.1) is 8.58 Å². The average molecular weight is 172 g/mol. The van der Waals surface area contributed by atoms with Crippen molar-refractivity contribution in [2.45, 2.75) is 57.7 Å². The lowest BCUT2D eigenvalue weighted by atomic mass is 10.0. The van der Waals surface area contributed by atoms with Gasteiger partial charge in [-0.1, -0.05) is 33.5 Å². The predicted octanol–water partition coefficient (Wildman–Crippen LogP) is 2.68. The summed E-state index contributed by atoms with van der Waals surface area (Å²) in [6.07, 6.45) is 5.55. The summed E-state index contributed by atoms with van der Waals surface area (Å²) < 4.78 is 0. The number of hydrogen-bond acceptors (Lipinski definition) is 0. The Hall–Kier alpha value is 0.495. The van der Waals surface area contributed by atoms with Crippen LogP contribution in [0.25, 0.3) is 0 Å². The molecule has 0 aliphatic rings. The standard InChI is InChI=1S/C9H22BP/c1-4-6-9(5-2)11-8(3)7-10/h8-9,11H,4-7,10H2,1-3H3. The minimum Gasteiger partial charge on any atom is -0.117 e. The smallest absolute Gasteiger partial charge is 0.102 e. The first-order valence-electron chi connectivity index (χ1n) is 5.00. The van der Waals surface area contributed by atoms with Crippen molar-refractivity contribution in [1.29, 1.82) is 0 Å². The quantitative estimate of drug-likeness (QED) is 0.426. The molecule has 0 aromatic rings. The molecule has 0 spiro atoms. The van der Waals surface area contributed by atoms with Gasteiger partial charge in [0, 0.05) is 0 Å². The first kappa shape index (κ1) is 11.5. The molecular weight excluding hydrogens is 150 g/mol. The molecular formula is C9H22BP. The molecule has 0 amide bonds. The first-order valence-corrected chi connectivity index (χ1v) is 6.16. The molecule has 0 heterocycles. The molecule has 3 atom stereocenters. The van der Waals surface area contributed by atoms with Gasteiger partial charge in [0.1, 0.15) is 7.85 Å². The van der Waals surface area contributed by atoms with Gasteiger partial charge in [0.05, 0.1) is 0 Å². The summed E-state index contributed by atoms with van der Waals surface area (Å²) in [6.45, 7) is 7.01. The Kier molecular flexibility index (Phi) is 7.48. The van der Waals surface area contributed by atoms with E-state index >= 15 is 0 Å². The van der Waals surface area contributed by atoms with E-state index in [9.17, 15) is 0 Å². The van der Waals surface area contributed by atoms with Crippen LogP contribution in [0.1, 0.15) is 40.0 Å².